The van der Waals surface area contributed by atoms with Crippen LogP contribution in [0.15, 0.2) is 95.2 Å². The van der Waals surface area contributed by atoms with Crippen LogP contribution >= 0.6 is 11.8 Å². The van der Waals surface area contributed by atoms with E-state index in [0.717, 1.165) is 10.6 Å². The largest absolute Gasteiger partial charge is 0.322 e. The van der Waals surface area contributed by atoms with Gasteiger partial charge in [-0.15, -0.1) is 0 Å². The summed E-state index contributed by atoms with van der Waals surface area (Å²) >= 11 is 1.47. The van der Waals surface area contributed by atoms with Crippen LogP contribution in [0.5, 0.6) is 0 Å². The maximum absolute atomic E-state index is 12.6. The fraction of sp³-hybridized carbons (Fsp3) is 0.0435. The predicted octanol–water partition coefficient (Wildman–Crippen LogP) is 5.49. The molecule has 0 bridgehead atoms. The summed E-state index contributed by atoms with van der Waals surface area (Å²) in [7, 11) is 0. The normalized spacial score (nSPS) is 10.6. The third-order valence-electron chi connectivity index (χ3n) is 4.03. The summed E-state index contributed by atoms with van der Waals surface area (Å²) in [6.45, 7) is 1.82. The van der Waals surface area contributed by atoms with Gasteiger partial charge in [0.05, 0.1) is 0 Å². The van der Waals surface area contributed by atoms with Crippen molar-refractivity contribution in [1.29, 1.82) is 0 Å². The summed E-state index contributed by atoms with van der Waals surface area (Å²) in [5, 5.41) is 7.44. The van der Waals surface area contributed by atoms with Gasteiger partial charge in [0.2, 0.25) is 5.91 Å². The first-order valence-electron chi connectivity index (χ1n) is 8.79. The van der Waals surface area contributed by atoms with Crippen LogP contribution in [0, 0.1) is 6.92 Å². The van der Waals surface area contributed by atoms with Gasteiger partial charge in [0.25, 0.3) is 5.91 Å². The monoisotopic (exact) mass is 388 g/mol. The minimum Gasteiger partial charge on any atom is -0.322 e. The number of nitrogens with one attached hydrogen (secondary N) is 2. The first kappa shape index (κ1) is 19.5. The highest BCUT2D eigenvalue weighted by Crippen LogP contribution is 2.21. The van der Waals surface area contributed by atoms with E-state index >= 15 is 0 Å². The summed E-state index contributed by atoms with van der Waals surface area (Å²) in [5.41, 5.74) is 2.57. The molecule has 0 fully saturated rings. The van der Waals surface area contributed by atoms with E-state index in [1.54, 1.807) is 23.6 Å². The number of anilines is 2. The zero-order valence-electron chi connectivity index (χ0n) is 15.4. The van der Waals surface area contributed by atoms with Crippen LogP contribution in [0.25, 0.3) is 0 Å². The molecule has 0 aliphatic carbocycles. The molecule has 0 aliphatic heterocycles. The van der Waals surface area contributed by atoms with Crippen molar-refractivity contribution < 1.29 is 9.59 Å². The second kappa shape index (κ2) is 9.58. The van der Waals surface area contributed by atoms with Gasteiger partial charge in [0.1, 0.15) is 0 Å². The molecule has 0 radical (unpaired) electrons. The van der Waals surface area contributed by atoms with Gasteiger partial charge in [-0.3, -0.25) is 9.59 Å². The molecule has 3 rings (SSSR count). The maximum Gasteiger partial charge on any atom is 0.256 e. The number of hydrogen-bond donors (Lipinski definition) is 2. The second-order valence-corrected chi connectivity index (χ2v) is 7.00. The van der Waals surface area contributed by atoms with Crippen LogP contribution in [0.4, 0.5) is 11.4 Å². The van der Waals surface area contributed by atoms with Gasteiger partial charge in [-0.25, -0.2) is 0 Å². The zero-order chi connectivity index (χ0) is 19.8. The Balaban J connectivity index is 1.65. The van der Waals surface area contributed by atoms with E-state index in [-0.39, 0.29) is 11.8 Å². The Hall–Kier alpha value is -3.31. The predicted molar refractivity (Wildman–Crippen MR) is 116 cm³/mol. The van der Waals surface area contributed by atoms with Crippen molar-refractivity contribution in [2.45, 2.75) is 11.8 Å². The Morgan fingerprint density at radius 1 is 0.821 bits per heavy atom. The number of hydrogen-bond acceptors (Lipinski definition) is 3. The van der Waals surface area contributed by atoms with Crippen molar-refractivity contribution in [2.75, 3.05) is 10.6 Å². The maximum atomic E-state index is 12.6. The molecule has 5 heteroatoms. The van der Waals surface area contributed by atoms with E-state index in [4.69, 9.17) is 0 Å². The summed E-state index contributed by atoms with van der Waals surface area (Å²) in [6.07, 6.45) is 1.48. The van der Waals surface area contributed by atoms with Gasteiger partial charge < -0.3 is 10.6 Å². The standard InChI is InChI=1S/C23H20N2O2S/c1-17-20(23(27)24-18-9-4-2-5-10-18)13-8-14-21(17)25-22(26)15-16-28-19-11-6-3-7-12-19/h2-16H,1H3,(H,24,27)(H,25,26). The summed E-state index contributed by atoms with van der Waals surface area (Å²) < 4.78 is 0. The fourth-order valence-corrected chi connectivity index (χ4v) is 3.25. The number of para-hydroxylation sites is 1. The topological polar surface area (TPSA) is 58.2 Å². The molecule has 0 saturated carbocycles. The van der Waals surface area contributed by atoms with Crippen LogP contribution in [0.1, 0.15) is 15.9 Å². The lowest BCUT2D eigenvalue weighted by Gasteiger charge is -2.12. The molecule has 2 N–H and O–H groups in total. The third kappa shape index (κ3) is 5.34. The van der Waals surface area contributed by atoms with Gasteiger partial charge in [-0.1, -0.05) is 54.2 Å². The van der Waals surface area contributed by atoms with Gasteiger partial charge in [-0.2, -0.15) is 0 Å². The number of carbonyl (C=O) groups is 2. The van der Waals surface area contributed by atoms with Gasteiger partial charge >= 0.3 is 0 Å². The van der Waals surface area contributed by atoms with Crippen LogP contribution < -0.4 is 10.6 Å². The van der Waals surface area contributed by atoms with Crippen molar-refractivity contribution in [2.24, 2.45) is 0 Å². The number of benzene rings is 3. The SMILES string of the molecule is Cc1c(NC(=O)C=CSc2ccccc2)cccc1C(=O)Nc1ccccc1. The molecule has 0 saturated heterocycles. The lowest BCUT2D eigenvalue weighted by Crippen LogP contribution is -2.15. The summed E-state index contributed by atoms with van der Waals surface area (Å²) in [4.78, 5) is 25.8. The Kier molecular flexibility index (Phi) is 6.65. The summed E-state index contributed by atoms with van der Waals surface area (Å²) in [6, 6.07) is 24.3. The Morgan fingerprint density at radius 2 is 1.50 bits per heavy atom. The van der Waals surface area contributed by atoms with E-state index < -0.39 is 0 Å². The first-order chi connectivity index (χ1) is 13.6. The molecule has 0 aromatic heterocycles. The lowest BCUT2D eigenvalue weighted by atomic mass is 10.1. The Bertz CT molecular complexity index is 986. The number of thioether (sulfide) groups is 1. The molecule has 4 nitrogen and oxygen atoms in total. The third-order valence-corrected chi connectivity index (χ3v) is 4.85. The first-order valence-corrected chi connectivity index (χ1v) is 9.67. The Labute approximate surface area is 168 Å². The average molecular weight is 388 g/mol. The smallest absolute Gasteiger partial charge is 0.256 e. The zero-order valence-corrected chi connectivity index (χ0v) is 16.2. The van der Waals surface area contributed by atoms with Crippen molar-refractivity contribution in [3.8, 4) is 0 Å². The minimum absolute atomic E-state index is 0.213. The van der Waals surface area contributed by atoms with Crippen molar-refractivity contribution >= 4 is 35.0 Å². The molecule has 28 heavy (non-hydrogen) atoms. The molecule has 0 spiro atoms. The van der Waals surface area contributed by atoms with Crippen molar-refractivity contribution in [3.05, 3.63) is 101 Å². The van der Waals surface area contributed by atoms with Gasteiger partial charge in [-0.05, 0) is 54.3 Å². The number of rotatable bonds is 6. The van der Waals surface area contributed by atoms with Crippen LogP contribution in [0.3, 0.4) is 0 Å². The molecular weight excluding hydrogens is 368 g/mol. The molecule has 0 atom stereocenters. The van der Waals surface area contributed by atoms with E-state index in [0.29, 0.717) is 16.8 Å². The molecule has 2 amide bonds. The summed E-state index contributed by atoms with van der Waals surface area (Å²) in [5.74, 6) is -0.456. The molecule has 3 aromatic rings. The average Bonchev–Trinajstić information content (AvgIpc) is 2.71. The van der Waals surface area contributed by atoms with Crippen molar-refractivity contribution in [1.82, 2.24) is 0 Å². The highest BCUT2D eigenvalue weighted by molar-refractivity contribution is 8.02. The van der Waals surface area contributed by atoms with Crippen LogP contribution in [-0.2, 0) is 4.79 Å². The van der Waals surface area contributed by atoms with E-state index in [1.807, 2.05) is 67.6 Å². The number of amides is 2. The molecule has 0 heterocycles. The Morgan fingerprint density at radius 3 is 2.21 bits per heavy atom. The molecule has 0 unspecified atom stereocenters. The lowest BCUT2D eigenvalue weighted by molar-refractivity contribution is -0.111. The second-order valence-electron chi connectivity index (χ2n) is 6.02. The fourth-order valence-electron chi connectivity index (χ4n) is 2.58. The highest BCUT2D eigenvalue weighted by Gasteiger charge is 2.12. The minimum atomic E-state index is -0.243. The quantitative estimate of drug-likeness (QED) is 0.433. The molecule has 0 aliphatic rings. The van der Waals surface area contributed by atoms with E-state index in [9.17, 15) is 9.59 Å². The van der Waals surface area contributed by atoms with E-state index in [1.165, 1.54) is 17.8 Å². The van der Waals surface area contributed by atoms with E-state index in [2.05, 4.69) is 10.6 Å². The van der Waals surface area contributed by atoms with Crippen molar-refractivity contribution in [3.63, 3.8) is 0 Å². The van der Waals surface area contributed by atoms with Gasteiger partial charge in [0.15, 0.2) is 0 Å². The van der Waals surface area contributed by atoms with Crippen LogP contribution in [-0.4, -0.2) is 11.8 Å². The van der Waals surface area contributed by atoms with Gasteiger partial charge in [0, 0.05) is 27.9 Å². The molecular formula is C23H20N2O2S. The van der Waals surface area contributed by atoms with Crippen LogP contribution in [0.2, 0.25) is 0 Å². The number of carbonyl (C=O) groups excluding carboxylic acids is 2. The molecule has 140 valence electrons. The molecule has 3 aromatic carbocycles. The highest BCUT2D eigenvalue weighted by atomic mass is 32.2.